The summed E-state index contributed by atoms with van der Waals surface area (Å²) >= 11 is 0. The zero-order valence-electron chi connectivity index (χ0n) is 20.0. The van der Waals surface area contributed by atoms with E-state index in [1.807, 2.05) is 24.3 Å². The number of hydrogen-bond acceptors (Lipinski definition) is 6. The number of nitro benzene ring substituents is 2. The largest absolute Gasteiger partial charge is 0.416 e. The van der Waals surface area contributed by atoms with Gasteiger partial charge in [0, 0.05) is 37.5 Å². The number of non-ortho nitro benzene ring substituents is 2. The molecule has 0 spiro atoms. The Morgan fingerprint density at radius 1 is 0.895 bits per heavy atom. The fraction of sp³-hybridized carbons (Fsp3) is 0.269. The van der Waals surface area contributed by atoms with E-state index in [-0.39, 0.29) is 18.0 Å². The lowest BCUT2D eigenvalue weighted by Gasteiger charge is -2.34. The van der Waals surface area contributed by atoms with Gasteiger partial charge in [-0.1, -0.05) is 24.3 Å². The highest BCUT2D eigenvalue weighted by Crippen LogP contribution is 2.34. The van der Waals surface area contributed by atoms with Crippen molar-refractivity contribution in [1.82, 2.24) is 5.32 Å². The highest BCUT2D eigenvalue weighted by molar-refractivity contribution is 5.95. The van der Waals surface area contributed by atoms with Gasteiger partial charge in [-0.2, -0.15) is 13.2 Å². The Morgan fingerprint density at radius 3 is 1.95 bits per heavy atom. The third kappa shape index (κ3) is 6.25. The molecule has 9 nitrogen and oxygen atoms in total. The molecule has 0 bridgehead atoms. The summed E-state index contributed by atoms with van der Waals surface area (Å²) in [5.41, 5.74) is 0.714. The fourth-order valence-electron chi connectivity index (χ4n) is 4.46. The van der Waals surface area contributed by atoms with Gasteiger partial charge in [-0.25, -0.2) is 0 Å². The topological polar surface area (TPSA) is 119 Å². The molecule has 3 aromatic carbocycles. The minimum atomic E-state index is -4.35. The molecule has 1 aliphatic heterocycles. The van der Waals surface area contributed by atoms with Gasteiger partial charge in [0.15, 0.2) is 0 Å². The smallest absolute Gasteiger partial charge is 0.371 e. The predicted molar refractivity (Wildman–Crippen MR) is 133 cm³/mol. The highest BCUT2D eigenvalue weighted by Gasteiger charge is 2.30. The Labute approximate surface area is 215 Å². The molecule has 1 amide bonds. The lowest BCUT2D eigenvalue weighted by Crippen LogP contribution is -2.32. The molecule has 1 N–H and O–H groups in total. The van der Waals surface area contributed by atoms with Crippen LogP contribution in [0.4, 0.5) is 30.2 Å². The third-order valence-electron chi connectivity index (χ3n) is 6.55. The molecular weight excluding hydrogens is 505 g/mol. The van der Waals surface area contributed by atoms with Crippen LogP contribution in [0.25, 0.3) is 0 Å². The molecule has 1 fully saturated rings. The first-order valence-corrected chi connectivity index (χ1v) is 11.7. The Morgan fingerprint density at radius 2 is 1.45 bits per heavy atom. The van der Waals surface area contributed by atoms with Crippen LogP contribution in [-0.2, 0) is 12.7 Å². The van der Waals surface area contributed by atoms with Crippen molar-refractivity contribution in [3.63, 3.8) is 0 Å². The first-order valence-electron chi connectivity index (χ1n) is 11.7. The minimum absolute atomic E-state index is 0.117. The van der Waals surface area contributed by atoms with Crippen LogP contribution < -0.4 is 10.2 Å². The molecule has 0 radical (unpaired) electrons. The van der Waals surface area contributed by atoms with E-state index in [9.17, 15) is 38.2 Å². The molecule has 3 aromatic rings. The van der Waals surface area contributed by atoms with Crippen molar-refractivity contribution in [2.75, 3.05) is 18.0 Å². The lowest BCUT2D eigenvalue weighted by atomic mass is 9.88. The van der Waals surface area contributed by atoms with E-state index in [4.69, 9.17) is 0 Å². The summed E-state index contributed by atoms with van der Waals surface area (Å²) in [4.78, 5) is 35.1. The summed E-state index contributed by atoms with van der Waals surface area (Å²) in [6.07, 6.45) is -2.74. The molecule has 0 atom stereocenters. The number of hydrogen-bond donors (Lipinski definition) is 1. The van der Waals surface area contributed by atoms with Gasteiger partial charge in [-0.15, -0.1) is 0 Å². The number of nitrogens with one attached hydrogen (secondary N) is 1. The average molecular weight is 528 g/mol. The first kappa shape index (κ1) is 26.6. The third-order valence-corrected chi connectivity index (χ3v) is 6.55. The van der Waals surface area contributed by atoms with E-state index in [0.717, 1.165) is 73.1 Å². The van der Waals surface area contributed by atoms with Crippen LogP contribution in [0.3, 0.4) is 0 Å². The predicted octanol–water partition coefficient (Wildman–Crippen LogP) is 5.84. The number of nitro groups is 2. The summed E-state index contributed by atoms with van der Waals surface area (Å²) in [5, 5.41) is 24.7. The van der Waals surface area contributed by atoms with Gasteiger partial charge < -0.3 is 10.2 Å². The summed E-state index contributed by atoms with van der Waals surface area (Å²) in [6.45, 7) is 1.60. The number of benzene rings is 3. The average Bonchev–Trinajstić information content (AvgIpc) is 2.91. The Kier molecular flexibility index (Phi) is 7.60. The van der Waals surface area contributed by atoms with Gasteiger partial charge in [0.05, 0.1) is 27.0 Å². The van der Waals surface area contributed by atoms with Crippen LogP contribution in [0.2, 0.25) is 0 Å². The maximum absolute atomic E-state index is 12.8. The molecular formula is C26H23F3N4O5. The molecule has 0 aromatic heterocycles. The minimum Gasteiger partial charge on any atom is -0.371 e. The van der Waals surface area contributed by atoms with Crippen LogP contribution in [0.5, 0.6) is 0 Å². The van der Waals surface area contributed by atoms with Gasteiger partial charge in [-0.05, 0) is 54.2 Å². The van der Waals surface area contributed by atoms with E-state index >= 15 is 0 Å². The second kappa shape index (κ2) is 10.9. The van der Waals surface area contributed by atoms with Crippen molar-refractivity contribution in [2.45, 2.75) is 31.5 Å². The van der Waals surface area contributed by atoms with E-state index in [2.05, 4.69) is 10.2 Å². The van der Waals surface area contributed by atoms with E-state index in [1.54, 1.807) is 12.1 Å². The SMILES string of the molecule is O=C(NCc1ccc(N2CCC(c3ccc(C(F)(F)F)cc3)CC2)cc1)c1cc([N+](=O)[O-])cc([N+](=O)[O-])c1. The first-order chi connectivity index (χ1) is 18.0. The molecule has 38 heavy (non-hydrogen) atoms. The number of nitrogens with zero attached hydrogens (tertiary/aromatic N) is 3. The van der Waals surface area contributed by atoms with Crippen molar-refractivity contribution < 1.29 is 27.8 Å². The second-order valence-electron chi connectivity index (χ2n) is 8.98. The van der Waals surface area contributed by atoms with Gasteiger partial charge in [0.25, 0.3) is 17.3 Å². The maximum atomic E-state index is 12.8. The molecule has 12 heteroatoms. The molecule has 4 rings (SSSR count). The van der Waals surface area contributed by atoms with E-state index in [1.165, 1.54) is 0 Å². The summed E-state index contributed by atoms with van der Waals surface area (Å²) in [6, 6.07) is 15.6. The Bertz CT molecular complexity index is 1300. The van der Waals surface area contributed by atoms with Gasteiger partial charge in [-0.3, -0.25) is 25.0 Å². The molecule has 0 unspecified atom stereocenters. The monoisotopic (exact) mass is 528 g/mol. The fourth-order valence-corrected chi connectivity index (χ4v) is 4.46. The number of rotatable bonds is 7. The van der Waals surface area contributed by atoms with Gasteiger partial charge in [0.2, 0.25) is 0 Å². The molecule has 1 heterocycles. The van der Waals surface area contributed by atoms with Crippen molar-refractivity contribution in [1.29, 1.82) is 0 Å². The standard InChI is InChI=1S/C26H23F3N4O5/c27-26(28,29)21-5-3-18(4-6-21)19-9-11-31(12-10-19)22-7-1-17(2-8-22)16-30-25(34)20-13-23(32(35)36)15-24(14-20)33(37)38/h1-8,13-15,19H,9-12,16H2,(H,30,34). The quantitative estimate of drug-likeness (QED) is 0.304. The van der Waals surface area contributed by atoms with Crippen LogP contribution >= 0.6 is 0 Å². The van der Waals surface area contributed by atoms with Crippen LogP contribution in [0, 0.1) is 20.2 Å². The summed E-state index contributed by atoms with van der Waals surface area (Å²) < 4.78 is 38.4. The normalized spacial score (nSPS) is 14.2. The van der Waals surface area contributed by atoms with Gasteiger partial charge in [0.1, 0.15) is 0 Å². The van der Waals surface area contributed by atoms with Crippen molar-refractivity contribution in [3.8, 4) is 0 Å². The molecule has 0 aliphatic carbocycles. The van der Waals surface area contributed by atoms with Crippen molar-refractivity contribution in [2.24, 2.45) is 0 Å². The lowest BCUT2D eigenvalue weighted by molar-refractivity contribution is -0.394. The van der Waals surface area contributed by atoms with Gasteiger partial charge >= 0.3 is 6.18 Å². The summed E-state index contributed by atoms with van der Waals surface area (Å²) in [7, 11) is 0. The highest BCUT2D eigenvalue weighted by atomic mass is 19.4. The molecule has 198 valence electrons. The number of alkyl halides is 3. The molecule has 1 saturated heterocycles. The number of piperidine rings is 1. The van der Waals surface area contributed by atoms with Crippen molar-refractivity contribution in [3.05, 3.63) is 109 Å². The molecule has 0 saturated carbocycles. The second-order valence-corrected chi connectivity index (χ2v) is 8.98. The van der Waals surface area contributed by atoms with E-state index < -0.39 is 38.9 Å². The van der Waals surface area contributed by atoms with E-state index in [0.29, 0.717) is 0 Å². The summed E-state index contributed by atoms with van der Waals surface area (Å²) in [5.74, 6) is -0.487. The Hall–Kier alpha value is -4.48. The zero-order valence-corrected chi connectivity index (χ0v) is 20.0. The van der Waals surface area contributed by atoms with Crippen LogP contribution in [-0.4, -0.2) is 28.8 Å². The number of anilines is 1. The maximum Gasteiger partial charge on any atom is 0.416 e. The van der Waals surface area contributed by atoms with Crippen LogP contribution in [0.1, 0.15) is 45.8 Å². The zero-order chi connectivity index (χ0) is 27.4. The van der Waals surface area contributed by atoms with Crippen LogP contribution in [0.15, 0.2) is 66.7 Å². The number of halogens is 3. The number of carbonyl (C=O) groups is 1. The number of amides is 1. The Balaban J connectivity index is 1.32. The molecule has 1 aliphatic rings. The number of carbonyl (C=O) groups excluding carboxylic acids is 1. The van der Waals surface area contributed by atoms with Crippen molar-refractivity contribution >= 4 is 23.0 Å².